The zero-order valence-corrected chi connectivity index (χ0v) is 12.8. The van der Waals surface area contributed by atoms with Gasteiger partial charge in [0, 0.05) is 24.6 Å². The van der Waals surface area contributed by atoms with Crippen molar-refractivity contribution in [3.8, 4) is 0 Å². The number of nitrogens with two attached hydrogens (primary N) is 1. The van der Waals surface area contributed by atoms with Crippen LogP contribution in [0, 0.1) is 0 Å². The van der Waals surface area contributed by atoms with Crippen molar-refractivity contribution in [3.05, 3.63) is 11.9 Å². The fraction of sp³-hybridized carbons (Fsp3) is 0.643. The molecule has 2 heterocycles. The summed E-state index contributed by atoms with van der Waals surface area (Å²) in [6.45, 7) is 11.2. The van der Waals surface area contributed by atoms with Gasteiger partial charge in [-0.15, -0.1) is 0 Å². The molecular formula is C14H23N5O. The van der Waals surface area contributed by atoms with Crippen LogP contribution in [0.4, 0.5) is 11.6 Å². The summed E-state index contributed by atoms with van der Waals surface area (Å²) in [7, 11) is 0. The number of aromatic nitrogens is 2. The Hall–Kier alpha value is -1.85. The fourth-order valence-corrected chi connectivity index (χ4v) is 2.23. The molecule has 2 rings (SSSR count). The number of hydrogen-bond donors (Lipinski definition) is 2. The van der Waals surface area contributed by atoms with E-state index in [1.807, 2.05) is 39.5 Å². The van der Waals surface area contributed by atoms with Gasteiger partial charge in [0.1, 0.15) is 23.0 Å². The van der Waals surface area contributed by atoms with Crippen LogP contribution >= 0.6 is 0 Å². The fourth-order valence-electron chi connectivity index (χ4n) is 2.23. The smallest absolute Gasteiger partial charge is 0.245 e. The van der Waals surface area contributed by atoms with Crippen molar-refractivity contribution in [2.75, 3.05) is 23.7 Å². The number of rotatable bonds is 1. The molecule has 0 aliphatic carbocycles. The molecule has 1 aromatic heterocycles. The summed E-state index contributed by atoms with van der Waals surface area (Å²) in [6, 6.07) is 1.73. The topological polar surface area (TPSA) is 84.1 Å². The van der Waals surface area contributed by atoms with E-state index in [-0.39, 0.29) is 11.3 Å². The van der Waals surface area contributed by atoms with Gasteiger partial charge in [0.25, 0.3) is 0 Å². The van der Waals surface area contributed by atoms with Gasteiger partial charge in [-0.25, -0.2) is 9.97 Å². The molecule has 0 atom stereocenters. The lowest BCUT2D eigenvalue weighted by Gasteiger charge is -2.42. The van der Waals surface area contributed by atoms with Gasteiger partial charge < -0.3 is 16.0 Å². The van der Waals surface area contributed by atoms with Crippen LogP contribution in [-0.4, -0.2) is 34.5 Å². The van der Waals surface area contributed by atoms with Gasteiger partial charge in [-0.1, -0.05) is 20.8 Å². The Bertz CT molecular complexity index is 533. The summed E-state index contributed by atoms with van der Waals surface area (Å²) in [6.07, 6.45) is 0. The van der Waals surface area contributed by atoms with Crippen molar-refractivity contribution < 1.29 is 4.79 Å². The van der Waals surface area contributed by atoms with E-state index in [4.69, 9.17) is 5.73 Å². The highest BCUT2D eigenvalue weighted by molar-refractivity contribution is 5.90. The highest BCUT2D eigenvalue weighted by atomic mass is 16.2. The number of carbonyl (C=O) groups is 1. The van der Waals surface area contributed by atoms with Crippen LogP contribution in [-0.2, 0) is 10.2 Å². The molecule has 0 bridgehead atoms. The Kier molecular flexibility index (Phi) is 3.36. The molecule has 1 saturated heterocycles. The molecule has 20 heavy (non-hydrogen) atoms. The molecule has 0 saturated carbocycles. The van der Waals surface area contributed by atoms with Crippen molar-refractivity contribution in [1.29, 1.82) is 0 Å². The average Bonchev–Trinajstić information content (AvgIpc) is 2.30. The standard InChI is InChI=1S/C14H23N5O/c1-13(2,3)11-17-9(15)8-10(18-11)19-7-6-16-12(20)14(19,4)5/h8H,6-7H2,1-5H3,(H,16,20)(H2,15,17,18). The number of carbonyl (C=O) groups excluding carboxylic acids is 1. The average molecular weight is 277 g/mol. The largest absolute Gasteiger partial charge is 0.384 e. The first kappa shape index (κ1) is 14.6. The van der Waals surface area contributed by atoms with Crippen LogP contribution in [0.15, 0.2) is 6.07 Å². The monoisotopic (exact) mass is 277 g/mol. The van der Waals surface area contributed by atoms with Crippen LogP contribution < -0.4 is 16.0 Å². The van der Waals surface area contributed by atoms with Crippen molar-refractivity contribution in [2.45, 2.75) is 45.6 Å². The van der Waals surface area contributed by atoms with E-state index >= 15 is 0 Å². The Morgan fingerprint density at radius 1 is 1.35 bits per heavy atom. The van der Waals surface area contributed by atoms with Crippen LogP contribution in [0.2, 0.25) is 0 Å². The molecule has 0 radical (unpaired) electrons. The van der Waals surface area contributed by atoms with Crippen LogP contribution in [0.3, 0.4) is 0 Å². The third-order valence-corrected chi connectivity index (χ3v) is 3.53. The van der Waals surface area contributed by atoms with Crippen molar-refractivity contribution in [3.63, 3.8) is 0 Å². The lowest BCUT2D eigenvalue weighted by Crippen LogP contribution is -2.62. The van der Waals surface area contributed by atoms with Gasteiger partial charge in [-0.05, 0) is 13.8 Å². The second-order valence-corrected chi connectivity index (χ2v) is 6.69. The molecule has 110 valence electrons. The third-order valence-electron chi connectivity index (χ3n) is 3.53. The number of hydrogen-bond acceptors (Lipinski definition) is 5. The van der Waals surface area contributed by atoms with E-state index in [1.165, 1.54) is 0 Å². The van der Waals surface area contributed by atoms with Crippen molar-refractivity contribution >= 4 is 17.5 Å². The number of nitrogens with one attached hydrogen (secondary N) is 1. The van der Waals surface area contributed by atoms with E-state index in [0.717, 1.165) is 0 Å². The first-order valence-electron chi connectivity index (χ1n) is 6.83. The second kappa shape index (κ2) is 4.61. The lowest BCUT2D eigenvalue weighted by atomic mass is 9.95. The van der Waals surface area contributed by atoms with E-state index in [2.05, 4.69) is 15.3 Å². The molecule has 1 aromatic rings. The molecule has 0 aromatic carbocycles. The van der Waals surface area contributed by atoms with Gasteiger partial charge in [0.05, 0.1) is 0 Å². The predicted octanol–water partition coefficient (Wildman–Crippen LogP) is 1.07. The predicted molar refractivity (Wildman–Crippen MR) is 79.6 cm³/mol. The molecule has 6 heteroatoms. The molecule has 6 nitrogen and oxygen atoms in total. The molecule has 1 amide bonds. The Labute approximate surface area is 119 Å². The van der Waals surface area contributed by atoms with E-state index in [0.29, 0.717) is 30.5 Å². The SMILES string of the molecule is CC(C)(C)c1nc(N)cc(N2CCNC(=O)C2(C)C)n1. The van der Waals surface area contributed by atoms with Gasteiger partial charge in [-0.2, -0.15) is 0 Å². The number of nitrogens with zero attached hydrogens (tertiary/aromatic N) is 3. The summed E-state index contributed by atoms with van der Waals surface area (Å²) in [5, 5.41) is 2.88. The minimum atomic E-state index is -0.645. The summed E-state index contributed by atoms with van der Waals surface area (Å²) in [4.78, 5) is 22.9. The zero-order valence-electron chi connectivity index (χ0n) is 12.8. The molecule has 1 aliphatic heterocycles. The van der Waals surface area contributed by atoms with Crippen LogP contribution in [0.1, 0.15) is 40.4 Å². The van der Waals surface area contributed by atoms with Crippen LogP contribution in [0.5, 0.6) is 0 Å². The van der Waals surface area contributed by atoms with E-state index in [1.54, 1.807) is 6.07 Å². The molecule has 0 spiro atoms. The number of amides is 1. The molecular weight excluding hydrogens is 254 g/mol. The van der Waals surface area contributed by atoms with E-state index < -0.39 is 5.54 Å². The molecule has 0 unspecified atom stereocenters. The normalized spacial score (nSPS) is 18.9. The van der Waals surface area contributed by atoms with Crippen LogP contribution in [0.25, 0.3) is 0 Å². The van der Waals surface area contributed by atoms with Gasteiger partial charge >= 0.3 is 0 Å². The second-order valence-electron chi connectivity index (χ2n) is 6.69. The molecule has 3 N–H and O–H groups in total. The summed E-state index contributed by atoms with van der Waals surface area (Å²) in [5.74, 6) is 1.83. The maximum atomic E-state index is 12.0. The Morgan fingerprint density at radius 3 is 2.60 bits per heavy atom. The first-order valence-corrected chi connectivity index (χ1v) is 6.83. The first-order chi connectivity index (χ1) is 9.12. The maximum absolute atomic E-state index is 12.0. The number of nitrogen functional groups attached to an aromatic ring is 1. The van der Waals surface area contributed by atoms with E-state index in [9.17, 15) is 4.79 Å². The van der Waals surface area contributed by atoms with Gasteiger partial charge in [-0.3, -0.25) is 4.79 Å². The lowest BCUT2D eigenvalue weighted by molar-refractivity contribution is -0.126. The summed E-state index contributed by atoms with van der Waals surface area (Å²) in [5.41, 5.74) is 5.07. The van der Waals surface area contributed by atoms with Gasteiger partial charge in [0.15, 0.2) is 0 Å². The van der Waals surface area contributed by atoms with Gasteiger partial charge in [0.2, 0.25) is 5.91 Å². The number of piperazine rings is 1. The van der Waals surface area contributed by atoms with Crippen molar-refractivity contribution in [2.24, 2.45) is 0 Å². The minimum absolute atomic E-state index is 0.00163. The molecule has 1 aliphatic rings. The van der Waals surface area contributed by atoms with Crippen molar-refractivity contribution in [1.82, 2.24) is 15.3 Å². The Morgan fingerprint density at radius 2 is 2.00 bits per heavy atom. The number of anilines is 2. The maximum Gasteiger partial charge on any atom is 0.245 e. The highest BCUT2D eigenvalue weighted by Crippen LogP contribution is 2.28. The summed E-state index contributed by atoms with van der Waals surface area (Å²) < 4.78 is 0. The third kappa shape index (κ3) is 2.55. The molecule has 1 fully saturated rings. The highest BCUT2D eigenvalue weighted by Gasteiger charge is 2.38. The summed E-state index contributed by atoms with van der Waals surface area (Å²) >= 11 is 0. The minimum Gasteiger partial charge on any atom is -0.384 e. The quantitative estimate of drug-likeness (QED) is 0.802. The zero-order chi connectivity index (χ0) is 15.1. The Balaban J connectivity index is 2.47.